The second-order valence-electron chi connectivity index (χ2n) is 3.22. The largest absolute Gasteiger partial charge is 0.493 e. The van der Waals surface area contributed by atoms with Crippen LogP contribution in [0.15, 0.2) is 23.7 Å². The number of hydrogen-bond acceptors (Lipinski definition) is 5. The van der Waals surface area contributed by atoms with Crippen molar-refractivity contribution >= 4 is 7.12 Å². The van der Waals surface area contributed by atoms with E-state index in [4.69, 9.17) is 14.2 Å². The maximum Gasteiger partial charge on any atom is 0.490 e. The van der Waals surface area contributed by atoms with E-state index in [0.717, 1.165) is 0 Å². The quantitative estimate of drug-likeness (QED) is 0.637. The van der Waals surface area contributed by atoms with E-state index in [1.165, 1.54) is 27.4 Å². The second-order valence-corrected chi connectivity index (χ2v) is 3.22. The van der Waals surface area contributed by atoms with Crippen LogP contribution in [-0.2, 0) is 14.2 Å². The van der Waals surface area contributed by atoms with Crippen LogP contribution < -0.4 is 0 Å². The van der Waals surface area contributed by atoms with Gasteiger partial charge in [-0.15, -0.1) is 0 Å². The van der Waals surface area contributed by atoms with Gasteiger partial charge in [-0.05, 0) is 12.2 Å². The molecule has 0 spiro atoms. The highest BCUT2D eigenvalue weighted by Crippen LogP contribution is 2.30. The zero-order valence-electron chi connectivity index (χ0n) is 9.06. The first-order valence-electron chi connectivity index (χ1n) is 4.52. The molecule has 0 heterocycles. The number of hydrogen-bond donors (Lipinski definition) is 2. The SMILES string of the molecule is COC1=CCC(OC)(B(O)O)C=C1OC. The number of ether oxygens (including phenoxy) is 3. The lowest BCUT2D eigenvalue weighted by Crippen LogP contribution is -2.47. The summed E-state index contributed by atoms with van der Waals surface area (Å²) in [6.07, 6.45) is 3.52. The average Bonchev–Trinajstić information content (AvgIpc) is 2.27. The normalized spacial score (nSPS) is 25.4. The summed E-state index contributed by atoms with van der Waals surface area (Å²) in [5.41, 5.74) is -1.16. The van der Waals surface area contributed by atoms with Gasteiger partial charge in [0.05, 0.1) is 14.2 Å². The molecule has 0 saturated carbocycles. The zero-order chi connectivity index (χ0) is 11.5. The molecule has 0 radical (unpaired) electrons. The van der Waals surface area contributed by atoms with Crippen molar-refractivity contribution < 1.29 is 24.3 Å². The molecular formula is C9H15BO5. The maximum atomic E-state index is 9.26. The molecule has 0 aromatic carbocycles. The van der Waals surface area contributed by atoms with E-state index >= 15 is 0 Å². The van der Waals surface area contributed by atoms with E-state index in [0.29, 0.717) is 17.9 Å². The first-order valence-corrected chi connectivity index (χ1v) is 4.52. The third-order valence-corrected chi connectivity index (χ3v) is 2.48. The standard InChI is InChI=1S/C9H15BO5/c1-13-7-4-5-9(15-3,10(11)12)6-8(7)14-2/h4,6,11-12H,5H2,1-3H3. The molecule has 6 heteroatoms. The Labute approximate surface area is 89.1 Å². The Balaban J connectivity index is 3.01. The summed E-state index contributed by atoms with van der Waals surface area (Å²) < 4.78 is 15.2. The highest BCUT2D eigenvalue weighted by molar-refractivity contribution is 6.46. The summed E-state index contributed by atoms with van der Waals surface area (Å²) in [4.78, 5) is 0. The van der Waals surface area contributed by atoms with Gasteiger partial charge in [0.1, 0.15) is 5.50 Å². The van der Waals surface area contributed by atoms with Crippen molar-refractivity contribution in [1.82, 2.24) is 0 Å². The van der Waals surface area contributed by atoms with Gasteiger partial charge in [-0.1, -0.05) is 0 Å². The molecule has 1 rings (SSSR count). The smallest absolute Gasteiger partial charge is 0.490 e. The van der Waals surface area contributed by atoms with Crippen molar-refractivity contribution in [1.29, 1.82) is 0 Å². The fraction of sp³-hybridized carbons (Fsp3) is 0.556. The topological polar surface area (TPSA) is 68.2 Å². The van der Waals surface area contributed by atoms with Crippen LogP contribution in [0.1, 0.15) is 6.42 Å². The first-order chi connectivity index (χ1) is 7.09. The minimum atomic E-state index is -1.61. The molecule has 0 amide bonds. The molecule has 1 unspecified atom stereocenters. The summed E-state index contributed by atoms with van der Waals surface area (Å²) in [6.45, 7) is 0. The molecule has 1 aliphatic carbocycles. The van der Waals surface area contributed by atoms with Gasteiger partial charge in [-0.2, -0.15) is 0 Å². The lowest BCUT2D eigenvalue weighted by Gasteiger charge is -2.31. The van der Waals surface area contributed by atoms with E-state index in [1.54, 1.807) is 6.08 Å². The van der Waals surface area contributed by atoms with Gasteiger partial charge < -0.3 is 24.3 Å². The van der Waals surface area contributed by atoms with Crippen molar-refractivity contribution in [3.8, 4) is 0 Å². The molecule has 1 atom stereocenters. The molecule has 15 heavy (non-hydrogen) atoms. The van der Waals surface area contributed by atoms with Crippen LogP contribution in [0.4, 0.5) is 0 Å². The molecule has 2 N–H and O–H groups in total. The number of methoxy groups -OCH3 is 3. The van der Waals surface area contributed by atoms with Gasteiger partial charge in [0.25, 0.3) is 0 Å². The van der Waals surface area contributed by atoms with E-state index in [-0.39, 0.29) is 0 Å². The molecular weight excluding hydrogens is 199 g/mol. The zero-order valence-corrected chi connectivity index (χ0v) is 9.06. The molecule has 0 fully saturated rings. The lowest BCUT2D eigenvalue weighted by atomic mass is 9.64. The summed E-state index contributed by atoms with van der Waals surface area (Å²) in [5, 5.41) is 18.5. The monoisotopic (exact) mass is 214 g/mol. The minimum absolute atomic E-state index is 0.317. The molecule has 0 aromatic rings. The Morgan fingerprint density at radius 3 is 2.20 bits per heavy atom. The van der Waals surface area contributed by atoms with Gasteiger partial charge in [-0.3, -0.25) is 0 Å². The molecule has 0 aliphatic heterocycles. The molecule has 5 nitrogen and oxygen atoms in total. The van der Waals surface area contributed by atoms with Crippen molar-refractivity contribution in [3.63, 3.8) is 0 Å². The van der Waals surface area contributed by atoms with Crippen LogP contribution in [0.2, 0.25) is 0 Å². The van der Waals surface area contributed by atoms with Gasteiger partial charge >= 0.3 is 7.12 Å². The lowest BCUT2D eigenvalue weighted by molar-refractivity contribution is 0.0611. The van der Waals surface area contributed by atoms with E-state index in [2.05, 4.69) is 0 Å². The van der Waals surface area contributed by atoms with Crippen molar-refractivity contribution in [2.75, 3.05) is 21.3 Å². The second kappa shape index (κ2) is 4.70. The Bertz CT molecular complexity index is 286. The molecule has 0 aromatic heterocycles. The third-order valence-electron chi connectivity index (χ3n) is 2.48. The summed E-state index contributed by atoms with van der Waals surface area (Å²) >= 11 is 0. The number of rotatable bonds is 4. The van der Waals surface area contributed by atoms with Gasteiger partial charge in [0, 0.05) is 13.5 Å². The summed E-state index contributed by atoms with van der Waals surface area (Å²) in [6, 6.07) is 0. The molecule has 84 valence electrons. The van der Waals surface area contributed by atoms with E-state index in [1.807, 2.05) is 0 Å². The van der Waals surface area contributed by atoms with Gasteiger partial charge in [-0.25, -0.2) is 0 Å². The van der Waals surface area contributed by atoms with Crippen LogP contribution in [-0.4, -0.2) is 44.0 Å². The fourth-order valence-corrected chi connectivity index (χ4v) is 1.48. The fourth-order valence-electron chi connectivity index (χ4n) is 1.48. The predicted molar refractivity (Wildman–Crippen MR) is 54.7 cm³/mol. The van der Waals surface area contributed by atoms with Crippen molar-refractivity contribution in [2.45, 2.75) is 11.9 Å². The average molecular weight is 214 g/mol. The minimum Gasteiger partial charge on any atom is -0.493 e. The van der Waals surface area contributed by atoms with Crippen molar-refractivity contribution in [2.24, 2.45) is 0 Å². The van der Waals surface area contributed by atoms with Crippen LogP contribution in [0.5, 0.6) is 0 Å². The van der Waals surface area contributed by atoms with E-state index in [9.17, 15) is 10.0 Å². The van der Waals surface area contributed by atoms with Gasteiger partial charge in [0.15, 0.2) is 11.5 Å². The Hall–Kier alpha value is -0.975. The third kappa shape index (κ3) is 2.17. The van der Waals surface area contributed by atoms with Crippen molar-refractivity contribution in [3.05, 3.63) is 23.7 Å². The molecule has 1 aliphatic rings. The van der Waals surface area contributed by atoms with Crippen LogP contribution in [0, 0.1) is 0 Å². The summed E-state index contributed by atoms with van der Waals surface area (Å²) in [5.74, 6) is 0.990. The molecule has 0 saturated heterocycles. The predicted octanol–water partition coefficient (Wildman–Crippen LogP) is -0.152. The highest BCUT2D eigenvalue weighted by Gasteiger charge is 2.43. The van der Waals surface area contributed by atoms with Crippen LogP contribution in [0.25, 0.3) is 0 Å². The first kappa shape index (κ1) is 12.1. The molecule has 0 bridgehead atoms. The highest BCUT2D eigenvalue weighted by atomic mass is 16.5. The van der Waals surface area contributed by atoms with Crippen LogP contribution >= 0.6 is 0 Å². The Morgan fingerprint density at radius 1 is 1.20 bits per heavy atom. The van der Waals surface area contributed by atoms with E-state index < -0.39 is 12.6 Å². The Morgan fingerprint density at radius 2 is 1.80 bits per heavy atom. The van der Waals surface area contributed by atoms with Gasteiger partial charge in [0.2, 0.25) is 0 Å². The van der Waals surface area contributed by atoms with Crippen LogP contribution in [0.3, 0.4) is 0 Å². The maximum absolute atomic E-state index is 9.26. The Kier molecular flexibility index (Phi) is 3.79. The summed E-state index contributed by atoms with van der Waals surface area (Å²) in [7, 11) is 2.80.